The van der Waals surface area contributed by atoms with Crippen molar-refractivity contribution in [2.45, 2.75) is 102 Å². The highest BCUT2D eigenvalue weighted by Gasteiger charge is 2.31. The number of imidazole rings is 1. The number of nitrogens with zero attached hydrogens (tertiary/aromatic N) is 1. The molecule has 1 heterocycles. The standard InChI is InChI=1S/C41H53N7O5/c1-2-3-4-5-6-7-8-12-19-38(50)45-37(26-31-27-43-28-44-31)41(53)48-35(24-29-15-10-9-11-16-29)40(52)47-36(25-30-20-22-32(49)23-21-30)39(51)46-34-18-14-13-17-33(34)42/h9-11,13-18,20-23,27-28,35-37,49H,2-8,12,19,24-26,42H2,1H3,(H,43,44)(H,45,50)(H,46,51)(H,47,52)(H,48,53)/t35-,36-,37-/m0/s1. The van der Waals surface area contributed by atoms with Gasteiger partial charge in [-0.15, -0.1) is 0 Å². The maximum atomic E-state index is 14.1. The second kappa shape index (κ2) is 21.7. The van der Waals surface area contributed by atoms with Gasteiger partial charge in [0.15, 0.2) is 0 Å². The number of anilines is 2. The lowest BCUT2D eigenvalue weighted by Gasteiger charge is -2.26. The predicted molar refractivity (Wildman–Crippen MR) is 207 cm³/mol. The Bertz CT molecular complexity index is 1710. The zero-order valence-corrected chi connectivity index (χ0v) is 30.5. The number of aromatic amines is 1. The lowest BCUT2D eigenvalue weighted by Crippen LogP contribution is -2.57. The van der Waals surface area contributed by atoms with Crippen LogP contribution in [-0.2, 0) is 38.4 Å². The summed E-state index contributed by atoms with van der Waals surface area (Å²) < 4.78 is 0. The second-order valence-electron chi connectivity index (χ2n) is 13.4. The molecule has 0 bridgehead atoms. The number of phenolic OH excluding ortho intramolecular Hbond substituents is 1. The molecule has 3 atom stereocenters. The van der Waals surface area contributed by atoms with Crippen LogP contribution in [0.2, 0.25) is 0 Å². The summed E-state index contributed by atoms with van der Waals surface area (Å²) in [5.74, 6) is -1.83. The van der Waals surface area contributed by atoms with Crippen LogP contribution in [0.15, 0.2) is 91.4 Å². The minimum atomic E-state index is -1.10. The highest BCUT2D eigenvalue weighted by molar-refractivity contribution is 6.00. The van der Waals surface area contributed by atoms with E-state index in [1.165, 1.54) is 44.1 Å². The van der Waals surface area contributed by atoms with E-state index in [-0.39, 0.29) is 37.3 Å². The number of unbranched alkanes of at least 4 members (excludes halogenated alkanes) is 7. The average Bonchev–Trinajstić information content (AvgIpc) is 3.67. The number of hydrogen-bond acceptors (Lipinski definition) is 7. The van der Waals surface area contributed by atoms with Crippen molar-refractivity contribution in [2.24, 2.45) is 0 Å². The van der Waals surface area contributed by atoms with Crippen LogP contribution in [0.25, 0.3) is 0 Å². The highest BCUT2D eigenvalue weighted by Crippen LogP contribution is 2.19. The molecule has 12 heteroatoms. The normalized spacial score (nSPS) is 12.6. The molecule has 0 unspecified atom stereocenters. The van der Waals surface area contributed by atoms with Gasteiger partial charge < -0.3 is 37.1 Å². The van der Waals surface area contributed by atoms with Crippen LogP contribution >= 0.6 is 0 Å². The lowest BCUT2D eigenvalue weighted by molar-refractivity contribution is -0.133. The molecule has 0 radical (unpaired) electrons. The van der Waals surface area contributed by atoms with Gasteiger partial charge in [-0.25, -0.2) is 4.98 Å². The molecule has 53 heavy (non-hydrogen) atoms. The van der Waals surface area contributed by atoms with Crippen LogP contribution in [0.3, 0.4) is 0 Å². The van der Waals surface area contributed by atoms with Crippen molar-refractivity contribution in [3.8, 4) is 5.75 Å². The first kappa shape index (κ1) is 40.1. The third kappa shape index (κ3) is 14.1. The predicted octanol–water partition coefficient (Wildman–Crippen LogP) is 5.35. The first-order valence-electron chi connectivity index (χ1n) is 18.6. The number of nitrogens with two attached hydrogens (primary N) is 1. The van der Waals surface area contributed by atoms with Crippen molar-refractivity contribution in [2.75, 3.05) is 11.1 Å². The monoisotopic (exact) mass is 723 g/mol. The van der Waals surface area contributed by atoms with Gasteiger partial charge in [0, 0.05) is 37.6 Å². The van der Waals surface area contributed by atoms with E-state index in [1.807, 2.05) is 30.3 Å². The Morgan fingerprint density at radius 1 is 0.679 bits per heavy atom. The van der Waals surface area contributed by atoms with Crippen molar-refractivity contribution in [1.29, 1.82) is 0 Å². The number of nitrogen functional groups attached to an aromatic ring is 1. The largest absolute Gasteiger partial charge is 0.508 e. The molecule has 4 rings (SSSR count). The summed E-state index contributed by atoms with van der Waals surface area (Å²) in [7, 11) is 0. The van der Waals surface area contributed by atoms with Gasteiger partial charge in [0.1, 0.15) is 23.9 Å². The minimum Gasteiger partial charge on any atom is -0.508 e. The van der Waals surface area contributed by atoms with E-state index in [1.54, 1.807) is 42.6 Å². The molecule has 4 amide bonds. The molecule has 1 aromatic heterocycles. The first-order chi connectivity index (χ1) is 25.7. The van der Waals surface area contributed by atoms with Crippen molar-refractivity contribution in [3.05, 3.63) is 108 Å². The smallest absolute Gasteiger partial charge is 0.247 e. The molecular weight excluding hydrogens is 670 g/mol. The third-order valence-corrected chi connectivity index (χ3v) is 9.03. The molecule has 3 aromatic carbocycles. The quantitative estimate of drug-likeness (QED) is 0.0420. The third-order valence-electron chi connectivity index (χ3n) is 9.03. The molecular formula is C41H53N7O5. The van der Waals surface area contributed by atoms with Crippen LogP contribution in [-0.4, -0.2) is 56.8 Å². The van der Waals surface area contributed by atoms with E-state index in [9.17, 15) is 24.3 Å². The van der Waals surface area contributed by atoms with Gasteiger partial charge in [0.25, 0.3) is 0 Å². The van der Waals surface area contributed by atoms with Gasteiger partial charge in [0.2, 0.25) is 23.6 Å². The number of amides is 4. The molecule has 0 spiro atoms. The first-order valence-corrected chi connectivity index (χ1v) is 18.6. The summed E-state index contributed by atoms with van der Waals surface area (Å²) >= 11 is 0. The molecule has 12 nitrogen and oxygen atoms in total. The van der Waals surface area contributed by atoms with Gasteiger partial charge in [-0.1, -0.05) is 106 Å². The van der Waals surface area contributed by atoms with Crippen LogP contribution < -0.4 is 27.0 Å². The van der Waals surface area contributed by atoms with Gasteiger partial charge in [0.05, 0.1) is 17.7 Å². The summed E-state index contributed by atoms with van der Waals surface area (Å²) in [6.07, 6.45) is 12.5. The topological polar surface area (TPSA) is 191 Å². The Hall–Kier alpha value is -5.65. The fourth-order valence-corrected chi connectivity index (χ4v) is 6.02. The van der Waals surface area contributed by atoms with Crippen molar-refractivity contribution in [3.63, 3.8) is 0 Å². The van der Waals surface area contributed by atoms with Crippen LogP contribution in [0.5, 0.6) is 5.75 Å². The van der Waals surface area contributed by atoms with Crippen LogP contribution in [0.4, 0.5) is 11.4 Å². The maximum absolute atomic E-state index is 14.1. The number of nitrogens with one attached hydrogen (secondary N) is 5. The van der Waals surface area contributed by atoms with E-state index in [4.69, 9.17) is 5.73 Å². The molecule has 0 aliphatic rings. The van der Waals surface area contributed by atoms with E-state index >= 15 is 0 Å². The van der Waals surface area contributed by atoms with Gasteiger partial charge in [-0.3, -0.25) is 19.2 Å². The van der Waals surface area contributed by atoms with Gasteiger partial charge >= 0.3 is 0 Å². The van der Waals surface area contributed by atoms with E-state index < -0.39 is 35.8 Å². The SMILES string of the molecule is CCCCCCCCCCC(=O)N[C@@H](Cc1cnc[nH]1)C(=O)N[C@@H](Cc1ccccc1)C(=O)N[C@@H](Cc1ccc(O)cc1)C(=O)Nc1ccccc1N. The number of H-pyrrole nitrogens is 1. The zero-order valence-electron chi connectivity index (χ0n) is 30.5. The molecule has 4 aromatic rings. The van der Waals surface area contributed by atoms with Crippen LogP contribution in [0, 0.1) is 0 Å². The number of benzene rings is 3. The molecule has 0 aliphatic heterocycles. The second-order valence-corrected chi connectivity index (χ2v) is 13.4. The Morgan fingerprint density at radius 3 is 1.87 bits per heavy atom. The zero-order chi connectivity index (χ0) is 37.8. The lowest BCUT2D eigenvalue weighted by atomic mass is 10.0. The Labute approximate surface area is 311 Å². The van der Waals surface area contributed by atoms with Crippen molar-refractivity contribution >= 4 is 35.0 Å². The minimum absolute atomic E-state index is 0.0658. The molecule has 0 aliphatic carbocycles. The maximum Gasteiger partial charge on any atom is 0.247 e. The highest BCUT2D eigenvalue weighted by atomic mass is 16.3. The Balaban J connectivity index is 1.49. The van der Waals surface area contributed by atoms with Crippen molar-refractivity contribution < 1.29 is 24.3 Å². The Kier molecular flexibility index (Phi) is 16.4. The number of aromatic hydroxyl groups is 1. The summed E-state index contributed by atoms with van der Waals surface area (Å²) in [6, 6.07) is 19.2. The summed E-state index contributed by atoms with van der Waals surface area (Å²) in [5.41, 5.74) is 8.95. The van der Waals surface area contributed by atoms with E-state index in [0.29, 0.717) is 22.6 Å². The average molecular weight is 724 g/mol. The number of aromatic nitrogens is 2. The molecule has 282 valence electrons. The fourth-order valence-electron chi connectivity index (χ4n) is 6.02. The van der Waals surface area contributed by atoms with Gasteiger partial charge in [-0.2, -0.15) is 0 Å². The number of carbonyl (C=O) groups is 4. The number of hydrogen-bond donors (Lipinski definition) is 7. The van der Waals surface area contributed by atoms with Crippen molar-refractivity contribution in [1.82, 2.24) is 25.9 Å². The molecule has 0 fully saturated rings. The number of para-hydroxylation sites is 2. The molecule has 0 saturated heterocycles. The van der Waals surface area contributed by atoms with E-state index in [2.05, 4.69) is 38.2 Å². The van der Waals surface area contributed by atoms with Crippen LogP contribution in [0.1, 0.15) is 81.5 Å². The Morgan fingerprint density at radius 2 is 1.25 bits per heavy atom. The summed E-state index contributed by atoms with van der Waals surface area (Å²) in [6.45, 7) is 2.19. The molecule has 0 saturated carbocycles. The summed E-state index contributed by atoms with van der Waals surface area (Å²) in [5, 5.41) is 21.2. The summed E-state index contributed by atoms with van der Waals surface area (Å²) in [4.78, 5) is 61.9. The number of phenols is 1. The van der Waals surface area contributed by atoms with Gasteiger partial charge in [-0.05, 0) is 41.8 Å². The van der Waals surface area contributed by atoms with E-state index in [0.717, 1.165) is 31.2 Å². The number of rotatable bonds is 22. The fraction of sp³-hybridized carbons (Fsp3) is 0.390. The number of carbonyl (C=O) groups excluding carboxylic acids is 4. The molecule has 8 N–H and O–H groups in total.